The molecule has 6 heteroatoms. The second-order valence-electron chi connectivity index (χ2n) is 5.41. The summed E-state index contributed by atoms with van der Waals surface area (Å²) in [6.07, 6.45) is 0.929. The Morgan fingerprint density at radius 1 is 1.55 bits per heavy atom. The van der Waals surface area contributed by atoms with Crippen LogP contribution in [0, 0.1) is 19.8 Å². The molecule has 1 amide bonds. The van der Waals surface area contributed by atoms with Gasteiger partial charge in [-0.1, -0.05) is 0 Å². The van der Waals surface area contributed by atoms with E-state index in [1.807, 2.05) is 13.8 Å². The second kappa shape index (κ2) is 6.85. The molecule has 112 valence electrons. The summed E-state index contributed by atoms with van der Waals surface area (Å²) in [7, 11) is 1.70. The van der Waals surface area contributed by atoms with E-state index in [-0.39, 0.29) is 11.8 Å². The summed E-state index contributed by atoms with van der Waals surface area (Å²) in [6, 6.07) is 0. The molecule has 1 fully saturated rings. The van der Waals surface area contributed by atoms with Crippen LogP contribution in [-0.2, 0) is 16.1 Å². The van der Waals surface area contributed by atoms with Gasteiger partial charge in [-0.25, -0.2) is 0 Å². The fourth-order valence-electron chi connectivity index (χ4n) is 2.62. The predicted octanol–water partition coefficient (Wildman–Crippen LogP) is 0.611. The van der Waals surface area contributed by atoms with Crippen LogP contribution in [0.15, 0.2) is 0 Å². The number of hydrogen-bond acceptors (Lipinski definition) is 4. The van der Waals surface area contributed by atoms with Crippen LogP contribution in [0.25, 0.3) is 0 Å². The van der Waals surface area contributed by atoms with E-state index in [4.69, 9.17) is 4.74 Å². The maximum absolute atomic E-state index is 12.2. The van der Waals surface area contributed by atoms with Gasteiger partial charge in [0.2, 0.25) is 5.91 Å². The zero-order valence-electron chi connectivity index (χ0n) is 12.5. The fourth-order valence-corrected chi connectivity index (χ4v) is 2.62. The first kappa shape index (κ1) is 15.0. The third kappa shape index (κ3) is 3.58. The van der Waals surface area contributed by atoms with E-state index in [2.05, 4.69) is 20.4 Å². The highest BCUT2D eigenvalue weighted by molar-refractivity contribution is 5.79. The normalized spacial score (nSPS) is 19.4. The number of aryl methyl sites for hydroxylation is 2. The molecule has 1 atom stereocenters. The van der Waals surface area contributed by atoms with E-state index < -0.39 is 0 Å². The standard InChI is InChI=1S/C14H24N4O2/c1-10-13(11(2)17-16-10)8-15-14(19)12-4-5-18(9-12)6-7-20-3/h12H,4-9H2,1-3H3,(H,15,19)(H,16,17)/t12-/m0/s1. The average molecular weight is 280 g/mol. The Bertz CT molecular complexity index is 439. The number of nitrogens with one attached hydrogen (secondary N) is 2. The molecule has 0 aliphatic carbocycles. The lowest BCUT2D eigenvalue weighted by atomic mass is 10.1. The van der Waals surface area contributed by atoms with Gasteiger partial charge in [0.15, 0.2) is 0 Å². The number of carbonyl (C=O) groups excluding carboxylic acids is 1. The average Bonchev–Trinajstić information content (AvgIpc) is 3.02. The van der Waals surface area contributed by atoms with Gasteiger partial charge in [-0.2, -0.15) is 5.10 Å². The minimum Gasteiger partial charge on any atom is -0.383 e. The van der Waals surface area contributed by atoms with Crippen molar-refractivity contribution in [2.24, 2.45) is 5.92 Å². The summed E-state index contributed by atoms with van der Waals surface area (Å²) in [5.41, 5.74) is 3.07. The number of likely N-dealkylation sites (tertiary alicyclic amines) is 1. The van der Waals surface area contributed by atoms with Gasteiger partial charge in [0.1, 0.15) is 0 Å². The number of amides is 1. The van der Waals surface area contributed by atoms with Crippen molar-refractivity contribution in [1.82, 2.24) is 20.4 Å². The lowest BCUT2D eigenvalue weighted by Crippen LogP contribution is -2.33. The zero-order chi connectivity index (χ0) is 14.5. The van der Waals surface area contributed by atoms with Gasteiger partial charge in [0.25, 0.3) is 0 Å². The van der Waals surface area contributed by atoms with Crippen LogP contribution in [0.5, 0.6) is 0 Å². The van der Waals surface area contributed by atoms with Gasteiger partial charge in [0, 0.05) is 38.0 Å². The summed E-state index contributed by atoms with van der Waals surface area (Å²) in [5, 5.41) is 10.1. The fraction of sp³-hybridized carbons (Fsp3) is 0.714. The molecule has 0 aromatic carbocycles. The molecule has 1 aliphatic rings. The van der Waals surface area contributed by atoms with E-state index >= 15 is 0 Å². The quantitative estimate of drug-likeness (QED) is 0.801. The Morgan fingerprint density at radius 2 is 2.35 bits per heavy atom. The van der Waals surface area contributed by atoms with Crippen LogP contribution in [-0.4, -0.2) is 54.4 Å². The minimum atomic E-state index is 0.0966. The number of H-pyrrole nitrogens is 1. The first-order valence-corrected chi connectivity index (χ1v) is 7.11. The number of aromatic amines is 1. The molecule has 0 saturated carbocycles. The maximum atomic E-state index is 12.2. The molecule has 0 unspecified atom stereocenters. The largest absolute Gasteiger partial charge is 0.383 e. The lowest BCUT2D eigenvalue weighted by molar-refractivity contribution is -0.124. The van der Waals surface area contributed by atoms with Crippen LogP contribution in [0.1, 0.15) is 23.4 Å². The summed E-state index contributed by atoms with van der Waals surface area (Å²) in [5.74, 6) is 0.240. The van der Waals surface area contributed by atoms with Gasteiger partial charge in [0.05, 0.1) is 18.2 Å². The van der Waals surface area contributed by atoms with E-state index in [1.54, 1.807) is 7.11 Å². The zero-order valence-corrected chi connectivity index (χ0v) is 12.5. The third-order valence-corrected chi connectivity index (χ3v) is 3.97. The van der Waals surface area contributed by atoms with Crippen molar-refractivity contribution in [3.63, 3.8) is 0 Å². The highest BCUT2D eigenvalue weighted by Crippen LogP contribution is 2.16. The number of nitrogens with zero attached hydrogens (tertiary/aromatic N) is 2. The van der Waals surface area contributed by atoms with Crippen molar-refractivity contribution in [3.05, 3.63) is 17.0 Å². The number of rotatable bonds is 6. The SMILES string of the molecule is COCCN1CC[C@H](C(=O)NCc2c(C)n[nH]c2C)C1. The predicted molar refractivity (Wildman–Crippen MR) is 76.3 cm³/mol. The highest BCUT2D eigenvalue weighted by atomic mass is 16.5. The van der Waals surface area contributed by atoms with E-state index in [1.165, 1.54) is 0 Å². The first-order valence-electron chi connectivity index (χ1n) is 7.11. The Hall–Kier alpha value is -1.40. The van der Waals surface area contributed by atoms with Gasteiger partial charge in [-0.3, -0.25) is 9.89 Å². The Morgan fingerprint density at radius 3 is 3.00 bits per heavy atom. The molecule has 1 aliphatic heterocycles. The number of ether oxygens (including phenoxy) is 1. The smallest absolute Gasteiger partial charge is 0.224 e. The summed E-state index contributed by atoms with van der Waals surface area (Å²) in [4.78, 5) is 14.5. The van der Waals surface area contributed by atoms with E-state index in [0.717, 1.165) is 49.6 Å². The van der Waals surface area contributed by atoms with Crippen molar-refractivity contribution in [2.75, 3.05) is 33.4 Å². The van der Waals surface area contributed by atoms with Gasteiger partial charge < -0.3 is 15.0 Å². The van der Waals surface area contributed by atoms with Crippen LogP contribution < -0.4 is 5.32 Å². The second-order valence-corrected chi connectivity index (χ2v) is 5.41. The van der Waals surface area contributed by atoms with E-state index in [9.17, 15) is 4.79 Å². The highest BCUT2D eigenvalue weighted by Gasteiger charge is 2.27. The van der Waals surface area contributed by atoms with Crippen LogP contribution in [0.3, 0.4) is 0 Å². The maximum Gasteiger partial charge on any atom is 0.224 e. The first-order chi connectivity index (χ1) is 9.61. The molecule has 1 aromatic heterocycles. The molecule has 1 saturated heterocycles. The molecule has 0 bridgehead atoms. The van der Waals surface area contributed by atoms with E-state index in [0.29, 0.717) is 6.54 Å². The minimum absolute atomic E-state index is 0.0966. The molecule has 20 heavy (non-hydrogen) atoms. The lowest BCUT2D eigenvalue weighted by Gasteiger charge is -2.15. The molecule has 2 N–H and O–H groups in total. The van der Waals surface area contributed by atoms with Crippen molar-refractivity contribution in [2.45, 2.75) is 26.8 Å². The monoisotopic (exact) mass is 280 g/mol. The molecule has 0 radical (unpaired) electrons. The molecular formula is C14H24N4O2. The molecule has 1 aromatic rings. The molecule has 2 heterocycles. The van der Waals surface area contributed by atoms with Crippen LogP contribution >= 0.6 is 0 Å². The molecular weight excluding hydrogens is 256 g/mol. The Labute approximate surface area is 119 Å². The third-order valence-electron chi connectivity index (χ3n) is 3.97. The summed E-state index contributed by atoms with van der Waals surface area (Å²) >= 11 is 0. The number of hydrogen-bond donors (Lipinski definition) is 2. The van der Waals surface area contributed by atoms with Gasteiger partial charge in [-0.15, -0.1) is 0 Å². The molecule has 2 rings (SSSR count). The number of aromatic nitrogens is 2. The van der Waals surface area contributed by atoms with Crippen molar-refractivity contribution in [3.8, 4) is 0 Å². The number of carbonyl (C=O) groups is 1. The summed E-state index contributed by atoms with van der Waals surface area (Å²) in [6.45, 7) is 7.92. The van der Waals surface area contributed by atoms with Crippen molar-refractivity contribution in [1.29, 1.82) is 0 Å². The number of methoxy groups -OCH3 is 1. The molecule has 0 spiro atoms. The molecule has 6 nitrogen and oxygen atoms in total. The Kier molecular flexibility index (Phi) is 5.14. The van der Waals surface area contributed by atoms with Gasteiger partial charge in [-0.05, 0) is 26.8 Å². The van der Waals surface area contributed by atoms with Gasteiger partial charge >= 0.3 is 0 Å². The van der Waals surface area contributed by atoms with Crippen molar-refractivity contribution < 1.29 is 9.53 Å². The summed E-state index contributed by atoms with van der Waals surface area (Å²) < 4.78 is 5.07. The topological polar surface area (TPSA) is 70.2 Å². The van der Waals surface area contributed by atoms with Crippen LogP contribution in [0.4, 0.5) is 0 Å². The Balaban J connectivity index is 1.78. The van der Waals surface area contributed by atoms with Crippen molar-refractivity contribution >= 4 is 5.91 Å². The van der Waals surface area contributed by atoms with Crippen LogP contribution in [0.2, 0.25) is 0 Å².